The highest BCUT2D eigenvalue weighted by Crippen LogP contribution is 2.31. The molecular formula is C21H26ClN5O4S. The third-order valence-corrected chi connectivity index (χ3v) is 7.30. The predicted molar refractivity (Wildman–Crippen MR) is 124 cm³/mol. The minimum absolute atomic E-state index is 0.00509. The van der Waals surface area contributed by atoms with Crippen LogP contribution in [0.3, 0.4) is 0 Å². The van der Waals surface area contributed by atoms with Crippen LogP contribution in [-0.4, -0.2) is 51.9 Å². The number of non-ortho nitro benzene ring substituents is 1. The highest BCUT2D eigenvalue weighted by molar-refractivity contribution is 7.97. The largest absolute Gasteiger partial charge is 0.382 e. The zero-order chi connectivity index (χ0) is 22.5. The van der Waals surface area contributed by atoms with Crippen molar-refractivity contribution in [1.82, 2.24) is 14.1 Å². The van der Waals surface area contributed by atoms with Gasteiger partial charge in [0.2, 0.25) is 0 Å². The molecule has 4 rings (SSSR count). The quantitative estimate of drug-likeness (QED) is 0.361. The monoisotopic (exact) mass is 479 g/mol. The molecule has 1 unspecified atom stereocenters. The van der Waals surface area contributed by atoms with Gasteiger partial charge in [0.05, 0.1) is 29.5 Å². The molecule has 0 bridgehead atoms. The van der Waals surface area contributed by atoms with E-state index in [1.54, 1.807) is 30.3 Å². The molecule has 2 fully saturated rings. The van der Waals surface area contributed by atoms with Crippen molar-refractivity contribution in [1.29, 1.82) is 0 Å². The number of benzene rings is 1. The fourth-order valence-electron chi connectivity index (χ4n) is 4.01. The van der Waals surface area contributed by atoms with Crippen molar-refractivity contribution in [2.45, 2.75) is 36.6 Å². The molecule has 0 radical (unpaired) electrons. The molecule has 2 aromatic rings. The second-order valence-corrected chi connectivity index (χ2v) is 9.64. The zero-order valence-corrected chi connectivity index (χ0v) is 19.2. The lowest BCUT2D eigenvalue weighted by atomic mass is 10.0. The van der Waals surface area contributed by atoms with E-state index in [1.165, 1.54) is 16.8 Å². The summed E-state index contributed by atoms with van der Waals surface area (Å²) in [5.41, 5.74) is 0.392. The van der Waals surface area contributed by atoms with E-state index in [0.717, 1.165) is 56.9 Å². The van der Waals surface area contributed by atoms with Crippen molar-refractivity contribution in [2.75, 3.05) is 38.2 Å². The molecule has 1 aromatic carbocycles. The van der Waals surface area contributed by atoms with Crippen LogP contribution in [0.5, 0.6) is 0 Å². The zero-order valence-electron chi connectivity index (χ0n) is 17.6. The molecule has 9 nitrogen and oxygen atoms in total. The number of anilines is 1. The normalized spacial score (nSPS) is 20.2. The van der Waals surface area contributed by atoms with Crippen molar-refractivity contribution in [3.8, 4) is 0 Å². The first kappa shape index (κ1) is 23.0. The van der Waals surface area contributed by atoms with Crippen LogP contribution in [0.25, 0.3) is 0 Å². The maximum absolute atomic E-state index is 12.8. The average molecular weight is 480 g/mol. The number of hydrogen-bond donors (Lipinski definition) is 1. The first-order valence-electron chi connectivity index (χ1n) is 10.8. The molecule has 2 aliphatic rings. The van der Waals surface area contributed by atoms with E-state index in [0.29, 0.717) is 18.2 Å². The highest BCUT2D eigenvalue weighted by Gasteiger charge is 2.24. The van der Waals surface area contributed by atoms with Crippen molar-refractivity contribution < 1.29 is 9.66 Å². The van der Waals surface area contributed by atoms with Crippen LogP contribution in [0.15, 0.2) is 40.2 Å². The number of hydrogen-bond acceptors (Lipinski definition) is 8. The van der Waals surface area contributed by atoms with Crippen LogP contribution in [0.4, 0.5) is 11.4 Å². The van der Waals surface area contributed by atoms with Crippen LogP contribution in [-0.2, 0) is 4.74 Å². The summed E-state index contributed by atoms with van der Waals surface area (Å²) >= 11 is 7.95. The van der Waals surface area contributed by atoms with E-state index in [1.807, 2.05) is 0 Å². The van der Waals surface area contributed by atoms with E-state index in [4.69, 9.17) is 16.3 Å². The number of nitrogens with zero attached hydrogens (tertiary/aromatic N) is 4. The van der Waals surface area contributed by atoms with Gasteiger partial charge in [0.1, 0.15) is 5.02 Å². The number of nitro benzene ring substituents is 1. The Bertz CT molecular complexity index is 989. The number of halogens is 1. The summed E-state index contributed by atoms with van der Waals surface area (Å²) in [5.74, 6) is 0.417. The smallest absolute Gasteiger partial charge is 0.287 e. The molecule has 1 atom stereocenters. The lowest BCUT2D eigenvalue weighted by Gasteiger charge is -2.31. The van der Waals surface area contributed by atoms with Crippen molar-refractivity contribution in [3.05, 3.63) is 56.0 Å². The third-order valence-electron chi connectivity index (χ3n) is 5.83. The highest BCUT2D eigenvalue weighted by atomic mass is 35.5. The van der Waals surface area contributed by atoms with Gasteiger partial charge in [-0.3, -0.25) is 14.9 Å². The number of rotatable bonds is 7. The van der Waals surface area contributed by atoms with Gasteiger partial charge >= 0.3 is 0 Å². The van der Waals surface area contributed by atoms with Gasteiger partial charge in [-0.05, 0) is 55.7 Å². The van der Waals surface area contributed by atoms with Crippen molar-refractivity contribution >= 4 is 34.9 Å². The van der Waals surface area contributed by atoms with E-state index in [-0.39, 0.29) is 22.3 Å². The summed E-state index contributed by atoms with van der Waals surface area (Å²) in [5, 5.41) is 18.6. The van der Waals surface area contributed by atoms with Gasteiger partial charge < -0.3 is 10.1 Å². The van der Waals surface area contributed by atoms with Crippen LogP contribution in [0, 0.1) is 16.0 Å². The van der Waals surface area contributed by atoms with E-state index in [2.05, 4.69) is 14.7 Å². The number of aromatic nitrogens is 2. The number of piperidine rings is 1. The number of nitro groups is 1. The molecule has 0 aliphatic carbocycles. The Morgan fingerprint density at radius 2 is 2.00 bits per heavy atom. The van der Waals surface area contributed by atoms with Gasteiger partial charge in [0, 0.05) is 43.3 Å². The molecule has 172 valence electrons. The molecule has 0 amide bonds. The Morgan fingerprint density at radius 3 is 2.66 bits per heavy atom. The van der Waals surface area contributed by atoms with E-state index in [9.17, 15) is 14.9 Å². The van der Waals surface area contributed by atoms with Crippen LogP contribution in [0.1, 0.15) is 31.7 Å². The molecule has 3 heterocycles. The predicted octanol–water partition coefficient (Wildman–Crippen LogP) is 3.99. The van der Waals surface area contributed by atoms with Crippen molar-refractivity contribution in [3.63, 3.8) is 0 Å². The average Bonchev–Trinajstić information content (AvgIpc) is 2.82. The van der Waals surface area contributed by atoms with Crippen molar-refractivity contribution in [2.24, 2.45) is 5.92 Å². The molecule has 11 heteroatoms. The summed E-state index contributed by atoms with van der Waals surface area (Å²) in [4.78, 5) is 24.2. The summed E-state index contributed by atoms with van der Waals surface area (Å²) in [6.07, 6.45) is 5.35. The van der Waals surface area contributed by atoms with Crippen LogP contribution >= 0.6 is 23.5 Å². The van der Waals surface area contributed by atoms with Gasteiger partial charge in [-0.2, -0.15) is 5.10 Å². The summed E-state index contributed by atoms with van der Waals surface area (Å²) in [7, 11) is 0. The SMILES string of the molecule is O=c1c(Cl)c(NCC2CCCOC2)cnn1C1CCN(Sc2ccc([N+](=O)[O-])cc2)CC1. The Labute approximate surface area is 195 Å². The molecule has 32 heavy (non-hydrogen) atoms. The van der Waals surface area contributed by atoms with Crippen LogP contribution < -0.4 is 10.9 Å². The molecule has 1 aromatic heterocycles. The maximum Gasteiger partial charge on any atom is 0.287 e. The van der Waals surface area contributed by atoms with Gasteiger partial charge in [-0.25, -0.2) is 8.99 Å². The number of nitrogens with one attached hydrogen (secondary N) is 1. The van der Waals surface area contributed by atoms with E-state index >= 15 is 0 Å². The summed E-state index contributed by atoms with van der Waals surface area (Å²) < 4.78 is 9.20. The first-order valence-corrected chi connectivity index (χ1v) is 11.9. The third kappa shape index (κ3) is 5.61. The Hall–Kier alpha value is -2.14. The lowest BCUT2D eigenvalue weighted by molar-refractivity contribution is -0.384. The van der Waals surface area contributed by atoms with Gasteiger partial charge in [-0.15, -0.1) is 0 Å². The standard InChI is InChI=1S/C21H26ClN5O4S/c22-20-19(23-12-15-2-1-11-31-14-15)13-24-26(21(20)28)16-7-9-25(10-8-16)32-18-5-3-17(4-6-18)27(29)30/h3-6,13,15-16,23H,1-2,7-12,14H2. The maximum atomic E-state index is 12.8. The second-order valence-electron chi connectivity index (χ2n) is 8.09. The Balaban J connectivity index is 1.32. The molecule has 2 saturated heterocycles. The van der Waals surface area contributed by atoms with Crippen LogP contribution in [0.2, 0.25) is 5.02 Å². The first-order chi connectivity index (χ1) is 15.5. The molecule has 2 aliphatic heterocycles. The molecular weight excluding hydrogens is 454 g/mol. The molecule has 1 N–H and O–H groups in total. The number of ether oxygens (including phenoxy) is 1. The van der Waals surface area contributed by atoms with E-state index < -0.39 is 4.92 Å². The minimum atomic E-state index is -0.402. The molecule has 0 spiro atoms. The second kappa shape index (κ2) is 10.7. The van der Waals surface area contributed by atoms with Gasteiger partial charge in [0.15, 0.2) is 0 Å². The van der Waals surface area contributed by atoms with Gasteiger partial charge in [0.25, 0.3) is 11.2 Å². The fraction of sp³-hybridized carbons (Fsp3) is 0.524. The van der Waals surface area contributed by atoms with Gasteiger partial charge in [-0.1, -0.05) is 11.6 Å². The Morgan fingerprint density at radius 1 is 1.25 bits per heavy atom. The lowest BCUT2D eigenvalue weighted by Crippen LogP contribution is -2.36. The fourth-order valence-corrected chi connectivity index (χ4v) is 5.16. The topological polar surface area (TPSA) is 103 Å². The summed E-state index contributed by atoms with van der Waals surface area (Å²) in [6, 6.07) is 6.53. The molecule has 0 saturated carbocycles. The minimum Gasteiger partial charge on any atom is -0.382 e. The Kier molecular flexibility index (Phi) is 7.67. The summed E-state index contributed by atoms with van der Waals surface area (Å²) in [6.45, 7) is 3.81.